The van der Waals surface area contributed by atoms with Crippen LogP contribution < -0.4 is 5.73 Å². The number of nitrogens with zero attached hydrogens (tertiary/aromatic N) is 1. The Morgan fingerprint density at radius 2 is 1.52 bits per heavy atom. The number of carbonyl (C=O) groups excluding carboxylic acids is 1. The van der Waals surface area contributed by atoms with Gasteiger partial charge in [-0.15, -0.1) is 6.42 Å². The molecule has 1 aromatic heterocycles. The molecule has 4 nitrogen and oxygen atoms in total. The van der Waals surface area contributed by atoms with Crippen LogP contribution in [0.2, 0.25) is 0 Å². The van der Waals surface area contributed by atoms with Crippen molar-refractivity contribution in [3.8, 4) is 22.6 Å². The van der Waals surface area contributed by atoms with Gasteiger partial charge in [0.15, 0.2) is 5.91 Å². The maximum absolute atomic E-state index is 9.53. The first-order valence-electron chi connectivity index (χ1n) is 6.77. The van der Waals surface area contributed by atoms with Gasteiger partial charge in [-0.25, -0.2) is 0 Å². The SMILES string of the molecule is [CH2-]CC(N)=O.[V+2].[c-]1nc(-c2ccccc2)c(-c2ccccc2)o1. The molecule has 1 amide bonds. The molecule has 0 saturated carbocycles. The predicted molar refractivity (Wildman–Crippen MR) is 85.4 cm³/mol. The number of primary amides is 1. The minimum atomic E-state index is -0.356. The number of hydrogen-bond donors (Lipinski definition) is 1. The minimum Gasteiger partial charge on any atom is -0.573 e. The van der Waals surface area contributed by atoms with E-state index in [0.717, 1.165) is 22.6 Å². The molecule has 0 spiro atoms. The number of rotatable bonds is 3. The zero-order valence-corrected chi connectivity index (χ0v) is 13.9. The second-order valence-electron chi connectivity index (χ2n) is 4.43. The first-order valence-corrected chi connectivity index (χ1v) is 6.77. The number of benzene rings is 2. The number of amides is 1. The van der Waals surface area contributed by atoms with Crippen molar-refractivity contribution < 1.29 is 27.8 Å². The van der Waals surface area contributed by atoms with Gasteiger partial charge in [-0.05, 0) is 11.3 Å². The summed E-state index contributed by atoms with van der Waals surface area (Å²) in [7, 11) is 0. The summed E-state index contributed by atoms with van der Waals surface area (Å²) in [4.78, 5) is 13.7. The van der Waals surface area contributed by atoms with Crippen LogP contribution in [0, 0.1) is 13.3 Å². The summed E-state index contributed by atoms with van der Waals surface area (Å²) in [5.74, 6) is 0.404. The van der Waals surface area contributed by atoms with Gasteiger partial charge in [0.1, 0.15) is 6.39 Å². The Morgan fingerprint density at radius 3 is 2.00 bits per heavy atom. The summed E-state index contributed by atoms with van der Waals surface area (Å²) in [6.45, 7) is 3.21. The maximum atomic E-state index is 9.53. The van der Waals surface area contributed by atoms with Gasteiger partial charge in [0.25, 0.3) is 0 Å². The predicted octanol–water partition coefficient (Wildman–Crippen LogP) is 3.50. The molecule has 3 rings (SSSR count). The third-order valence-corrected chi connectivity index (χ3v) is 2.85. The van der Waals surface area contributed by atoms with Gasteiger partial charge in [-0.2, -0.15) is 0 Å². The third-order valence-electron chi connectivity index (χ3n) is 2.85. The molecule has 0 bridgehead atoms. The third kappa shape index (κ3) is 5.44. The molecule has 0 fully saturated rings. The fraction of sp³-hybridized carbons (Fsp3) is 0.0556. The van der Waals surface area contributed by atoms with Gasteiger partial charge in [-0.1, -0.05) is 66.2 Å². The molecule has 2 N–H and O–H groups in total. The molecule has 0 aliphatic rings. The molecule has 23 heavy (non-hydrogen) atoms. The Hall–Kier alpha value is -2.30. The Bertz CT molecular complexity index is 658. The normalized spacial score (nSPS) is 9.26. The molecule has 0 aliphatic carbocycles. The van der Waals surface area contributed by atoms with Crippen LogP contribution in [0.5, 0.6) is 0 Å². The average molecular weight is 343 g/mol. The van der Waals surface area contributed by atoms with Crippen LogP contribution in [0.15, 0.2) is 65.1 Å². The molecule has 0 saturated heterocycles. The fourth-order valence-electron chi connectivity index (χ4n) is 1.79. The van der Waals surface area contributed by atoms with Crippen LogP contribution in [0.1, 0.15) is 6.42 Å². The van der Waals surface area contributed by atoms with Gasteiger partial charge in [0.2, 0.25) is 0 Å². The second-order valence-corrected chi connectivity index (χ2v) is 4.43. The summed E-state index contributed by atoms with van der Waals surface area (Å²) < 4.78 is 5.37. The Labute approximate surface area is 147 Å². The maximum Gasteiger partial charge on any atom is 2.00 e. The molecule has 0 atom stereocenters. The van der Waals surface area contributed by atoms with Crippen LogP contribution in [-0.2, 0) is 23.4 Å². The number of aromatic nitrogens is 1. The van der Waals surface area contributed by atoms with Crippen molar-refractivity contribution in [2.24, 2.45) is 5.73 Å². The molecular weight excluding hydrogens is 327 g/mol. The largest absolute Gasteiger partial charge is 2.00 e. The summed E-state index contributed by atoms with van der Waals surface area (Å²) in [5, 5.41) is 0. The smallest absolute Gasteiger partial charge is 0.573 e. The van der Waals surface area contributed by atoms with Gasteiger partial charge >= 0.3 is 18.6 Å². The van der Waals surface area contributed by atoms with Crippen molar-refractivity contribution in [1.29, 1.82) is 0 Å². The molecule has 1 heterocycles. The van der Waals surface area contributed by atoms with Crippen LogP contribution >= 0.6 is 0 Å². The van der Waals surface area contributed by atoms with Crippen LogP contribution in [0.4, 0.5) is 0 Å². The molecule has 115 valence electrons. The van der Waals surface area contributed by atoms with Crippen molar-refractivity contribution in [1.82, 2.24) is 4.98 Å². The van der Waals surface area contributed by atoms with E-state index < -0.39 is 0 Å². The van der Waals surface area contributed by atoms with Crippen molar-refractivity contribution in [2.75, 3.05) is 0 Å². The molecule has 5 heteroatoms. The first kappa shape index (κ1) is 18.8. The van der Waals surface area contributed by atoms with Crippen molar-refractivity contribution in [3.05, 3.63) is 74.0 Å². The van der Waals surface area contributed by atoms with E-state index in [1.54, 1.807) is 0 Å². The van der Waals surface area contributed by atoms with Gasteiger partial charge in [0.05, 0.1) is 0 Å². The Balaban J connectivity index is 0.000000390. The van der Waals surface area contributed by atoms with E-state index in [2.05, 4.69) is 24.0 Å². The van der Waals surface area contributed by atoms with E-state index in [1.165, 1.54) is 0 Å². The van der Waals surface area contributed by atoms with Crippen molar-refractivity contribution >= 4 is 5.91 Å². The van der Waals surface area contributed by atoms with E-state index in [4.69, 9.17) is 4.42 Å². The van der Waals surface area contributed by atoms with E-state index in [0.29, 0.717) is 0 Å². The summed E-state index contributed by atoms with van der Waals surface area (Å²) in [6.07, 6.45) is 2.76. The molecule has 1 radical (unpaired) electrons. The molecule has 2 aromatic carbocycles. The van der Waals surface area contributed by atoms with E-state index in [9.17, 15) is 4.79 Å². The second kappa shape index (κ2) is 9.67. The average Bonchev–Trinajstić information content (AvgIpc) is 3.06. The van der Waals surface area contributed by atoms with Gasteiger partial charge in [0, 0.05) is 5.76 Å². The summed E-state index contributed by atoms with van der Waals surface area (Å²) in [5.41, 5.74) is 7.47. The quantitative estimate of drug-likeness (QED) is 0.740. The standard InChI is InChI=1S/C15H10NO.C3H6NO.V/c1-3-7-12(8-4-1)14-15(17-11-16-14)13-9-5-2-6-10-13;1-2-3(4)5;/h1-10H;1-2H2,(H2,4,5);/q2*-1;+2. The van der Waals surface area contributed by atoms with E-state index in [-0.39, 0.29) is 30.9 Å². The van der Waals surface area contributed by atoms with Crippen molar-refractivity contribution in [2.45, 2.75) is 6.42 Å². The Morgan fingerprint density at radius 1 is 1.04 bits per heavy atom. The number of hydrogen-bond acceptors (Lipinski definition) is 3. The summed E-state index contributed by atoms with van der Waals surface area (Å²) >= 11 is 0. The van der Waals surface area contributed by atoms with Crippen LogP contribution in [0.3, 0.4) is 0 Å². The Kier molecular flexibility index (Phi) is 7.88. The topological polar surface area (TPSA) is 69.1 Å². The van der Waals surface area contributed by atoms with Crippen molar-refractivity contribution in [3.63, 3.8) is 0 Å². The zero-order chi connectivity index (χ0) is 15.8. The number of nitrogens with two attached hydrogens (primary N) is 1. The molecular formula is C18H16N2O2V. The number of oxazole rings is 1. The molecule has 3 aromatic rings. The zero-order valence-electron chi connectivity index (χ0n) is 12.5. The summed E-state index contributed by atoms with van der Waals surface area (Å²) in [6, 6.07) is 19.9. The van der Waals surface area contributed by atoms with Gasteiger partial charge < -0.3 is 22.1 Å². The van der Waals surface area contributed by atoms with E-state index >= 15 is 0 Å². The van der Waals surface area contributed by atoms with E-state index in [1.807, 2.05) is 60.7 Å². The van der Waals surface area contributed by atoms with Gasteiger partial charge in [-0.3, -0.25) is 4.79 Å². The molecule has 0 aliphatic heterocycles. The number of carbonyl (C=O) groups is 1. The van der Waals surface area contributed by atoms with Crippen LogP contribution in [0.25, 0.3) is 22.6 Å². The first-order chi connectivity index (χ1) is 10.7. The monoisotopic (exact) mass is 343 g/mol. The van der Waals surface area contributed by atoms with Crippen LogP contribution in [-0.4, -0.2) is 10.9 Å². The molecule has 0 unspecified atom stereocenters. The minimum absolute atomic E-state index is 0. The fourth-order valence-corrected chi connectivity index (χ4v) is 1.79.